The van der Waals surface area contributed by atoms with Gasteiger partial charge in [-0.15, -0.1) is 0 Å². The molecule has 0 saturated carbocycles. The molecule has 3 heteroatoms. The minimum Gasteiger partial charge on any atom is -0.304 e. The summed E-state index contributed by atoms with van der Waals surface area (Å²) in [4.78, 5) is 2.38. The van der Waals surface area contributed by atoms with Gasteiger partial charge in [0.05, 0.1) is 0 Å². The van der Waals surface area contributed by atoms with Crippen LogP contribution in [-0.2, 0) is 0 Å². The highest BCUT2D eigenvalue weighted by Gasteiger charge is 1.89. The largest absolute Gasteiger partial charge is 0.304 e. The third-order valence-electron chi connectivity index (χ3n) is 1.34. The number of nitrogens with zero attached hydrogens (tertiary/aromatic N) is 1. The summed E-state index contributed by atoms with van der Waals surface area (Å²) < 4.78 is 0. The van der Waals surface area contributed by atoms with E-state index >= 15 is 0 Å². The Labute approximate surface area is 73.5 Å². The number of rotatable bonds is 3. The van der Waals surface area contributed by atoms with Gasteiger partial charge in [0.25, 0.3) is 0 Å². The van der Waals surface area contributed by atoms with Gasteiger partial charge >= 0.3 is 0 Å². The minimum absolute atomic E-state index is 1.19. The Bertz CT molecular complexity index is 34.5. The lowest BCUT2D eigenvalue weighted by molar-refractivity contribution is 0.321. The van der Waals surface area contributed by atoms with E-state index < -0.39 is 0 Å². The molecule has 0 fully saturated rings. The summed E-state index contributed by atoms with van der Waals surface area (Å²) in [6, 6.07) is 0. The molecule has 0 N–H and O–H groups in total. The number of hydrogen-bond donors (Lipinski definition) is 0. The van der Waals surface area contributed by atoms with Crippen LogP contribution in [0.25, 0.3) is 0 Å². The molecular weight excluding hydrogens is 224 g/mol. The number of hydrogen-bond acceptors (Lipinski definition) is 1. The maximum absolute atomic E-state index is 4.47. The summed E-state index contributed by atoms with van der Waals surface area (Å²) in [5.74, 6) is 0. The van der Waals surface area contributed by atoms with Crippen LogP contribution in [0.5, 0.6) is 0 Å². The van der Waals surface area contributed by atoms with E-state index in [4.69, 9.17) is 0 Å². The predicted molar refractivity (Wildman–Crippen MR) is 53.2 cm³/mol. The van der Waals surface area contributed by atoms with Gasteiger partial charge in [-0.1, -0.05) is 20.8 Å². The maximum Gasteiger partial charge on any atom is 0.169 e. The van der Waals surface area contributed by atoms with E-state index in [0.717, 1.165) is 0 Å². The second-order valence-corrected chi connectivity index (χ2v) is 1.62. The molecule has 0 heterocycles. The normalized spacial score (nSPS) is 8.56. The second-order valence-electron chi connectivity index (χ2n) is 1.62. The van der Waals surface area contributed by atoms with Gasteiger partial charge in [0.15, 0.2) is 5.70 Å². The first-order valence-electron chi connectivity index (χ1n) is 3.29. The van der Waals surface area contributed by atoms with Crippen LogP contribution in [0.3, 0.4) is 0 Å². The highest BCUT2D eigenvalue weighted by atomic mass is 127. The van der Waals surface area contributed by atoms with Crippen molar-refractivity contribution in [2.24, 2.45) is 0 Å². The molecule has 0 aromatic heterocycles. The second kappa shape index (κ2) is 11.5. The summed E-state index contributed by atoms with van der Waals surface area (Å²) in [5, 5.41) is 0. The van der Waals surface area contributed by atoms with Crippen LogP contribution in [0.4, 0.5) is 0 Å². The molecule has 0 aromatic carbocycles. The van der Waals surface area contributed by atoms with Crippen LogP contribution in [0.2, 0.25) is 0 Å². The highest BCUT2D eigenvalue weighted by Crippen LogP contribution is 1.81. The Hall–Kier alpha value is 0.755. The van der Waals surface area contributed by atoms with Crippen LogP contribution >= 0.6 is 22.4 Å². The van der Waals surface area contributed by atoms with E-state index in [-0.39, 0.29) is 0 Å². The zero-order chi connectivity index (χ0) is 7.70. The van der Waals surface area contributed by atoms with Gasteiger partial charge in [-0.2, -0.15) is 22.4 Å². The Morgan fingerprint density at radius 1 is 1.00 bits per heavy atom. The molecule has 0 aromatic rings. The van der Waals surface area contributed by atoms with Crippen molar-refractivity contribution in [3.8, 4) is 0 Å². The number of halogens is 1. The fourth-order valence-electron chi connectivity index (χ4n) is 0.671. The van der Waals surface area contributed by atoms with Crippen molar-refractivity contribution in [2.75, 3.05) is 19.6 Å². The third-order valence-corrected chi connectivity index (χ3v) is 1.34. The molecule has 2 radical (unpaired) electrons. The lowest BCUT2D eigenvalue weighted by atomic mass is 10.5. The van der Waals surface area contributed by atoms with E-state index in [1.807, 2.05) is 0 Å². The average molecular weight is 239 g/mol. The molecule has 0 atom stereocenters. The van der Waals surface area contributed by atoms with Gasteiger partial charge in [0, 0.05) is 0 Å². The monoisotopic (exact) mass is 239 g/mol. The van der Waals surface area contributed by atoms with Crippen molar-refractivity contribution in [1.29, 1.82) is 0 Å². The molecule has 9 heavy (non-hydrogen) atoms. The Morgan fingerprint density at radius 2 is 1.22 bits per heavy atom. The molecule has 0 aliphatic rings. The van der Waals surface area contributed by atoms with Crippen molar-refractivity contribution in [1.82, 2.24) is 4.90 Å². The average Bonchev–Trinajstić information content (AvgIpc) is 1.96. The van der Waals surface area contributed by atoms with Gasteiger partial charge in [-0.05, 0) is 19.6 Å². The van der Waals surface area contributed by atoms with Crippen molar-refractivity contribution in [3.63, 3.8) is 0 Å². The molecule has 0 bridgehead atoms. The topological polar surface area (TPSA) is 3.24 Å². The lowest BCUT2D eigenvalue weighted by Gasteiger charge is -2.13. The zero-order valence-corrected chi connectivity index (χ0v) is 8.68. The molecule has 0 amide bonds. The lowest BCUT2D eigenvalue weighted by Crippen LogP contribution is -2.21. The molecule has 0 aliphatic carbocycles. The Morgan fingerprint density at radius 3 is 1.22 bits per heavy atom. The van der Waals surface area contributed by atoms with Crippen molar-refractivity contribution in [3.05, 3.63) is 0 Å². The van der Waals surface area contributed by atoms with Crippen LogP contribution in [0.15, 0.2) is 0 Å². The zero-order valence-electron chi connectivity index (χ0n) is 6.52. The summed E-state index contributed by atoms with van der Waals surface area (Å²) in [5.41, 5.74) is 4.47. The van der Waals surface area contributed by atoms with Crippen molar-refractivity contribution >= 4 is 28.1 Å². The summed E-state index contributed by atoms with van der Waals surface area (Å²) in [7, 11) is 0. The summed E-state index contributed by atoms with van der Waals surface area (Å²) in [6.07, 6.45) is 0. The fraction of sp³-hybridized carbons (Fsp3) is 1.00. The fourth-order valence-corrected chi connectivity index (χ4v) is 0.671. The van der Waals surface area contributed by atoms with E-state index in [9.17, 15) is 0 Å². The van der Waals surface area contributed by atoms with Crippen LogP contribution in [0, 0.1) is 0 Å². The van der Waals surface area contributed by atoms with Crippen LogP contribution in [0.1, 0.15) is 20.8 Å². The first-order valence-corrected chi connectivity index (χ1v) is 4.53. The Balaban J connectivity index is 0. The maximum atomic E-state index is 4.47. The van der Waals surface area contributed by atoms with Gasteiger partial charge in [-0.3, -0.25) is 0 Å². The van der Waals surface area contributed by atoms with Gasteiger partial charge in [0.2, 0.25) is 0 Å². The standard InChI is InChI=1S/C6H15N.BI/c1-4-7(5-2)6-3;1-2/h4-6H2,1-3H3;. The van der Waals surface area contributed by atoms with Gasteiger partial charge in [0.1, 0.15) is 0 Å². The SMILES string of the molecule is CCN(CC)CC.[B]I. The van der Waals surface area contributed by atoms with Gasteiger partial charge in [-0.25, -0.2) is 0 Å². The summed E-state index contributed by atoms with van der Waals surface area (Å²) >= 11 is 1.65. The molecule has 0 saturated heterocycles. The van der Waals surface area contributed by atoms with Gasteiger partial charge < -0.3 is 4.90 Å². The first kappa shape index (κ1) is 12.4. The third kappa shape index (κ3) is 8.75. The van der Waals surface area contributed by atoms with E-state index in [0.29, 0.717) is 0 Å². The van der Waals surface area contributed by atoms with E-state index in [1.165, 1.54) is 19.6 Å². The molecule has 0 unspecified atom stereocenters. The van der Waals surface area contributed by atoms with Crippen molar-refractivity contribution < 1.29 is 0 Å². The summed E-state index contributed by atoms with van der Waals surface area (Å²) in [6.45, 7) is 10.1. The molecule has 0 rings (SSSR count). The quantitative estimate of drug-likeness (QED) is 0.536. The smallest absolute Gasteiger partial charge is 0.169 e. The van der Waals surface area contributed by atoms with Crippen LogP contribution in [-0.4, -0.2) is 30.2 Å². The van der Waals surface area contributed by atoms with Crippen LogP contribution < -0.4 is 0 Å². The molecular formula is C6H15BIN. The predicted octanol–water partition coefficient (Wildman–Crippen LogP) is 1.85. The first-order chi connectivity index (χ1) is 4.35. The van der Waals surface area contributed by atoms with E-state index in [2.05, 4.69) is 31.4 Å². The Kier molecular flexibility index (Phi) is 15.9. The molecule has 1 nitrogen and oxygen atoms in total. The van der Waals surface area contributed by atoms with E-state index in [1.54, 1.807) is 22.4 Å². The molecule has 0 aliphatic heterocycles. The minimum atomic E-state index is 1.19. The van der Waals surface area contributed by atoms with Crippen molar-refractivity contribution in [2.45, 2.75) is 20.8 Å². The molecule has 0 spiro atoms. The molecule has 54 valence electrons. The highest BCUT2D eigenvalue weighted by molar-refractivity contribution is 14.1.